The van der Waals surface area contributed by atoms with Crippen LogP contribution >= 0.6 is 12.4 Å². The summed E-state index contributed by atoms with van der Waals surface area (Å²) in [5.41, 5.74) is 6.66. The Bertz CT molecular complexity index is 467. The van der Waals surface area contributed by atoms with E-state index in [0.29, 0.717) is 13.2 Å². The van der Waals surface area contributed by atoms with Crippen LogP contribution in [0.2, 0.25) is 0 Å². The Hall–Kier alpha value is -1.26. The van der Waals surface area contributed by atoms with Crippen molar-refractivity contribution in [2.75, 3.05) is 13.2 Å². The summed E-state index contributed by atoms with van der Waals surface area (Å²) in [6, 6.07) is 7.90. The molecule has 0 aliphatic carbocycles. The minimum Gasteiger partial charge on any atom is -0.492 e. The summed E-state index contributed by atoms with van der Waals surface area (Å²) in [7, 11) is 0. The third-order valence-electron chi connectivity index (χ3n) is 4.38. The van der Waals surface area contributed by atoms with E-state index in [1.807, 2.05) is 24.3 Å². The molecule has 1 aromatic rings. The van der Waals surface area contributed by atoms with E-state index in [-0.39, 0.29) is 29.8 Å². The fourth-order valence-corrected chi connectivity index (χ4v) is 2.63. The van der Waals surface area contributed by atoms with Crippen molar-refractivity contribution in [1.29, 1.82) is 0 Å². The molecule has 0 saturated carbocycles. The van der Waals surface area contributed by atoms with Gasteiger partial charge in [-0.3, -0.25) is 4.79 Å². The third-order valence-corrected chi connectivity index (χ3v) is 4.38. The number of rotatable bonds is 5. The number of nitrogens with two attached hydrogens (primary N) is 1. The second-order valence-corrected chi connectivity index (χ2v) is 5.50. The lowest BCUT2D eigenvalue weighted by Gasteiger charge is -2.34. The lowest BCUT2D eigenvalue weighted by molar-refractivity contribution is -0.128. The molecule has 21 heavy (non-hydrogen) atoms. The zero-order valence-electron chi connectivity index (χ0n) is 12.7. The van der Waals surface area contributed by atoms with E-state index in [2.05, 4.69) is 19.2 Å². The first-order chi connectivity index (χ1) is 9.64. The Morgan fingerprint density at radius 2 is 2.05 bits per heavy atom. The maximum Gasteiger partial charge on any atom is 0.227 e. The molecule has 1 unspecified atom stereocenters. The van der Waals surface area contributed by atoms with Gasteiger partial charge < -0.3 is 15.8 Å². The first-order valence-electron chi connectivity index (χ1n) is 7.37. The standard InChI is InChI=1S/C16H24N2O2.ClH/c1-3-16(4-2,11-17)18-15(19)13-9-12-7-5-6-8-14(12)20-10-13;/h5-8,13H,3-4,9-11,17H2,1-2H3,(H,18,19);1H. The van der Waals surface area contributed by atoms with Crippen molar-refractivity contribution in [2.45, 2.75) is 38.6 Å². The number of nitrogens with one attached hydrogen (secondary N) is 1. The molecular formula is C16H25ClN2O2. The van der Waals surface area contributed by atoms with Gasteiger partial charge in [0.1, 0.15) is 12.4 Å². The zero-order valence-corrected chi connectivity index (χ0v) is 13.5. The number of halogens is 1. The summed E-state index contributed by atoms with van der Waals surface area (Å²) in [5, 5.41) is 3.14. The molecule has 1 atom stereocenters. The minimum atomic E-state index is -0.284. The Morgan fingerprint density at radius 1 is 1.38 bits per heavy atom. The average molecular weight is 313 g/mol. The van der Waals surface area contributed by atoms with Crippen LogP contribution < -0.4 is 15.8 Å². The average Bonchev–Trinajstić information content (AvgIpc) is 2.52. The van der Waals surface area contributed by atoms with Crippen LogP contribution in [0.25, 0.3) is 0 Å². The van der Waals surface area contributed by atoms with Crippen LogP contribution in [0.4, 0.5) is 0 Å². The number of carbonyl (C=O) groups excluding carboxylic acids is 1. The van der Waals surface area contributed by atoms with Crippen LogP contribution in [0.5, 0.6) is 5.75 Å². The molecule has 0 aromatic heterocycles. The molecule has 1 heterocycles. The van der Waals surface area contributed by atoms with E-state index < -0.39 is 0 Å². The number of fused-ring (bicyclic) bond motifs is 1. The Labute approximate surface area is 132 Å². The van der Waals surface area contributed by atoms with Gasteiger partial charge in [-0.15, -0.1) is 12.4 Å². The molecule has 0 bridgehead atoms. The summed E-state index contributed by atoms with van der Waals surface area (Å²) in [6.45, 7) is 5.03. The molecule has 4 nitrogen and oxygen atoms in total. The van der Waals surface area contributed by atoms with E-state index in [1.165, 1.54) is 0 Å². The number of para-hydroxylation sites is 1. The van der Waals surface area contributed by atoms with E-state index in [9.17, 15) is 4.79 Å². The maximum absolute atomic E-state index is 12.5. The van der Waals surface area contributed by atoms with Crippen LogP contribution in [0.15, 0.2) is 24.3 Å². The van der Waals surface area contributed by atoms with Crippen LogP contribution in [0.3, 0.4) is 0 Å². The summed E-state index contributed by atoms with van der Waals surface area (Å²) in [6.07, 6.45) is 2.42. The van der Waals surface area contributed by atoms with Crippen molar-refractivity contribution in [3.8, 4) is 5.75 Å². The number of ether oxygens (including phenoxy) is 1. The van der Waals surface area contributed by atoms with E-state index in [1.54, 1.807) is 0 Å². The van der Waals surface area contributed by atoms with Gasteiger partial charge in [0.25, 0.3) is 0 Å². The second kappa shape index (κ2) is 7.66. The number of hydrogen-bond acceptors (Lipinski definition) is 3. The lowest BCUT2D eigenvalue weighted by Crippen LogP contribution is -2.55. The smallest absolute Gasteiger partial charge is 0.227 e. The van der Waals surface area contributed by atoms with Crippen LogP contribution in [-0.4, -0.2) is 24.6 Å². The molecule has 1 aliphatic rings. The topological polar surface area (TPSA) is 64.3 Å². The monoisotopic (exact) mass is 312 g/mol. The van der Waals surface area contributed by atoms with Gasteiger partial charge in [-0.2, -0.15) is 0 Å². The molecule has 0 fully saturated rings. The Balaban J connectivity index is 0.00000220. The van der Waals surface area contributed by atoms with Crippen molar-refractivity contribution >= 4 is 18.3 Å². The van der Waals surface area contributed by atoms with E-state index >= 15 is 0 Å². The molecule has 5 heteroatoms. The van der Waals surface area contributed by atoms with Gasteiger partial charge >= 0.3 is 0 Å². The van der Waals surface area contributed by atoms with Gasteiger partial charge in [0, 0.05) is 6.54 Å². The molecule has 2 rings (SSSR count). The highest BCUT2D eigenvalue weighted by Crippen LogP contribution is 2.27. The highest BCUT2D eigenvalue weighted by Gasteiger charge is 2.32. The normalized spacial score (nSPS) is 17.2. The van der Waals surface area contributed by atoms with Crippen LogP contribution in [-0.2, 0) is 11.2 Å². The largest absolute Gasteiger partial charge is 0.492 e. The highest BCUT2D eigenvalue weighted by molar-refractivity contribution is 5.85. The molecular weight excluding hydrogens is 288 g/mol. The second-order valence-electron chi connectivity index (χ2n) is 5.50. The maximum atomic E-state index is 12.5. The van der Waals surface area contributed by atoms with Crippen LogP contribution in [0, 0.1) is 5.92 Å². The molecule has 1 amide bonds. The first kappa shape index (κ1) is 17.8. The van der Waals surface area contributed by atoms with Crippen molar-refractivity contribution in [2.24, 2.45) is 11.7 Å². The van der Waals surface area contributed by atoms with Crippen molar-refractivity contribution in [3.63, 3.8) is 0 Å². The van der Waals surface area contributed by atoms with Crippen molar-refractivity contribution in [1.82, 2.24) is 5.32 Å². The highest BCUT2D eigenvalue weighted by atomic mass is 35.5. The summed E-state index contributed by atoms with van der Waals surface area (Å²) < 4.78 is 5.68. The SMILES string of the molecule is CCC(CC)(CN)NC(=O)C1COc2ccccc2C1.Cl. The van der Waals surface area contributed by atoms with Gasteiger partial charge in [0.2, 0.25) is 5.91 Å². The van der Waals surface area contributed by atoms with E-state index in [4.69, 9.17) is 10.5 Å². The molecule has 1 aliphatic heterocycles. The van der Waals surface area contributed by atoms with Crippen molar-refractivity contribution in [3.05, 3.63) is 29.8 Å². The molecule has 3 N–H and O–H groups in total. The molecule has 0 radical (unpaired) electrons. The van der Waals surface area contributed by atoms with Gasteiger partial charge in [-0.05, 0) is 30.9 Å². The van der Waals surface area contributed by atoms with Gasteiger partial charge in [0.05, 0.1) is 11.5 Å². The Morgan fingerprint density at radius 3 is 2.67 bits per heavy atom. The van der Waals surface area contributed by atoms with Gasteiger partial charge in [-0.1, -0.05) is 32.0 Å². The quantitative estimate of drug-likeness (QED) is 0.877. The predicted molar refractivity (Wildman–Crippen MR) is 86.9 cm³/mol. The van der Waals surface area contributed by atoms with Gasteiger partial charge in [0.15, 0.2) is 0 Å². The predicted octanol–water partition coefficient (Wildman–Crippen LogP) is 2.29. The number of benzene rings is 1. The Kier molecular flexibility index (Phi) is 6.49. The van der Waals surface area contributed by atoms with Crippen molar-refractivity contribution < 1.29 is 9.53 Å². The van der Waals surface area contributed by atoms with Crippen LogP contribution in [0.1, 0.15) is 32.3 Å². The summed E-state index contributed by atoms with van der Waals surface area (Å²) >= 11 is 0. The molecule has 1 aromatic carbocycles. The number of hydrogen-bond donors (Lipinski definition) is 2. The van der Waals surface area contributed by atoms with E-state index in [0.717, 1.165) is 30.6 Å². The lowest BCUT2D eigenvalue weighted by atomic mass is 9.90. The summed E-state index contributed by atoms with van der Waals surface area (Å²) in [4.78, 5) is 12.5. The molecule has 0 spiro atoms. The fourth-order valence-electron chi connectivity index (χ4n) is 2.63. The summed E-state index contributed by atoms with van der Waals surface area (Å²) in [5.74, 6) is 0.815. The first-order valence-corrected chi connectivity index (χ1v) is 7.37. The molecule has 118 valence electrons. The van der Waals surface area contributed by atoms with Gasteiger partial charge in [-0.25, -0.2) is 0 Å². The third kappa shape index (κ3) is 3.89. The number of amides is 1. The fraction of sp³-hybridized carbons (Fsp3) is 0.562. The zero-order chi connectivity index (χ0) is 14.6. The number of carbonyl (C=O) groups is 1. The molecule has 0 saturated heterocycles. The minimum absolute atomic E-state index is 0.